The molecular formula is C12H26N2. The van der Waals surface area contributed by atoms with Gasteiger partial charge >= 0.3 is 0 Å². The fourth-order valence-electron chi connectivity index (χ4n) is 1.91. The van der Waals surface area contributed by atoms with Crippen LogP contribution in [0.25, 0.3) is 0 Å². The molecule has 2 heteroatoms. The van der Waals surface area contributed by atoms with Crippen LogP contribution in [0.4, 0.5) is 0 Å². The normalized spacial score (nSPS) is 19.7. The lowest BCUT2D eigenvalue weighted by molar-refractivity contribution is 0.208. The third-order valence-corrected chi connectivity index (χ3v) is 3.17. The predicted molar refractivity (Wildman–Crippen MR) is 62.6 cm³/mol. The van der Waals surface area contributed by atoms with E-state index in [4.69, 9.17) is 0 Å². The highest BCUT2D eigenvalue weighted by atomic mass is 15.0. The molecule has 0 bridgehead atoms. The molecule has 14 heavy (non-hydrogen) atoms. The third kappa shape index (κ3) is 4.43. The van der Waals surface area contributed by atoms with Gasteiger partial charge in [-0.2, -0.15) is 0 Å². The van der Waals surface area contributed by atoms with Crippen molar-refractivity contribution in [2.24, 2.45) is 0 Å². The van der Waals surface area contributed by atoms with Gasteiger partial charge in [-0.15, -0.1) is 0 Å². The van der Waals surface area contributed by atoms with Gasteiger partial charge in [0.05, 0.1) is 0 Å². The summed E-state index contributed by atoms with van der Waals surface area (Å²) in [6, 6.07) is 0.632. The molecule has 0 atom stereocenters. The maximum absolute atomic E-state index is 3.66. The van der Waals surface area contributed by atoms with Crippen molar-refractivity contribution < 1.29 is 0 Å². The molecule has 0 amide bonds. The van der Waals surface area contributed by atoms with Crippen LogP contribution in [0.2, 0.25) is 0 Å². The van der Waals surface area contributed by atoms with Crippen molar-refractivity contribution in [3.8, 4) is 0 Å². The maximum Gasteiger partial charge on any atom is 0.0153 e. The quantitative estimate of drug-likeness (QED) is 0.613. The van der Waals surface area contributed by atoms with Gasteiger partial charge < -0.3 is 10.6 Å². The van der Waals surface area contributed by atoms with Crippen molar-refractivity contribution in [2.75, 3.05) is 13.1 Å². The second-order valence-corrected chi connectivity index (χ2v) is 5.16. The Morgan fingerprint density at radius 3 is 2.29 bits per heavy atom. The van der Waals surface area contributed by atoms with E-state index >= 15 is 0 Å². The highest BCUT2D eigenvalue weighted by Gasteiger charge is 2.30. The summed E-state index contributed by atoms with van der Waals surface area (Å²) < 4.78 is 0. The summed E-state index contributed by atoms with van der Waals surface area (Å²) in [7, 11) is 0. The van der Waals surface area contributed by atoms with Crippen LogP contribution in [0.5, 0.6) is 0 Å². The van der Waals surface area contributed by atoms with Crippen molar-refractivity contribution in [3.63, 3.8) is 0 Å². The van der Waals surface area contributed by atoms with Gasteiger partial charge in [-0.3, -0.25) is 0 Å². The van der Waals surface area contributed by atoms with E-state index in [9.17, 15) is 0 Å². The molecular weight excluding hydrogens is 172 g/mol. The first kappa shape index (κ1) is 12.0. The summed E-state index contributed by atoms with van der Waals surface area (Å²) >= 11 is 0. The Kier molecular flexibility index (Phi) is 4.90. The monoisotopic (exact) mass is 198 g/mol. The molecule has 1 rings (SSSR count). The standard InChI is InChI=1S/C12H26N2/c1-11(2)13-9-4-5-10-14-12(3)7-6-8-12/h11,13-14H,4-10H2,1-3H3. The zero-order valence-electron chi connectivity index (χ0n) is 10.0. The molecule has 84 valence electrons. The molecule has 0 aromatic heterocycles. The Labute approximate surface area is 88.8 Å². The van der Waals surface area contributed by atoms with E-state index in [2.05, 4.69) is 31.4 Å². The van der Waals surface area contributed by atoms with Crippen LogP contribution in [0.3, 0.4) is 0 Å². The summed E-state index contributed by atoms with van der Waals surface area (Å²) in [4.78, 5) is 0. The zero-order valence-corrected chi connectivity index (χ0v) is 10.0. The van der Waals surface area contributed by atoms with Crippen molar-refractivity contribution in [3.05, 3.63) is 0 Å². The molecule has 2 N–H and O–H groups in total. The molecule has 1 fully saturated rings. The Bertz CT molecular complexity index is 150. The highest BCUT2D eigenvalue weighted by molar-refractivity contribution is 4.91. The van der Waals surface area contributed by atoms with E-state index in [0.29, 0.717) is 11.6 Å². The summed E-state index contributed by atoms with van der Waals surface area (Å²) in [6.45, 7) is 9.11. The van der Waals surface area contributed by atoms with Crippen LogP contribution in [0, 0.1) is 0 Å². The Morgan fingerprint density at radius 1 is 1.14 bits per heavy atom. The van der Waals surface area contributed by atoms with E-state index in [1.807, 2.05) is 0 Å². The second kappa shape index (κ2) is 5.72. The number of rotatable bonds is 7. The summed E-state index contributed by atoms with van der Waals surface area (Å²) in [6.07, 6.45) is 6.75. The van der Waals surface area contributed by atoms with Crippen molar-refractivity contribution in [2.45, 2.75) is 64.5 Å². The van der Waals surface area contributed by atoms with E-state index < -0.39 is 0 Å². The topological polar surface area (TPSA) is 24.1 Å². The fourth-order valence-corrected chi connectivity index (χ4v) is 1.91. The van der Waals surface area contributed by atoms with Crippen molar-refractivity contribution >= 4 is 0 Å². The fraction of sp³-hybridized carbons (Fsp3) is 1.00. The first-order valence-electron chi connectivity index (χ1n) is 6.11. The van der Waals surface area contributed by atoms with Crippen LogP contribution in [-0.2, 0) is 0 Å². The minimum Gasteiger partial charge on any atom is -0.315 e. The SMILES string of the molecule is CC(C)NCCCCNC1(C)CCC1. The molecule has 1 saturated carbocycles. The molecule has 0 spiro atoms. The van der Waals surface area contributed by atoms with Gasteiger partial charge in [-0.05, 0) is 52.1 Å². The smallest absolute Gasteiger partial charge is 0.0153 e. The van der Waals surface area contributed by atoms with Crippen LogP contribution in [-0.4, -0.2) is 24.7 Å². The van der Waals surface area contributed by atoms with Crippen molar-refractivity contribution in [1.29, 1.82) is 0 Å². The van der Waals surface area contributed by atoms with E-state index in [0.717, 1.165) is 6.54 Å². The lowest BCUT2D eigenvalue weighted by atomic mass is 9.78. The molecule has 0 aromatic carbocycles. The third-order valence-electron chi connectivity index (χ3n) is 3.17. The van der Waals surface area contributed by atoms with E-state index in [1.165, 1.54) is 38.6 Å². The first-order valence-corrected chi connectivity index (χ1v) is 6.11. The van der Waals surface area contributed by atoms with Gasteiger partial charge in [0.25, 0.3) is 0 Å². The average Bonchev–Trinajstić information content (AvgIpc) is 2.07. The molecule has 1 aliphatic rings. The molecule has 0 aromatic rings. The van der Waals surface area contributed by atoms with Crippen LogP contribution >= 0.6 is 0 Å². The second-order valence-electron chi connectivity index (χ2n) is 5.16. The molecule has 1 aliphatic carbocycles. The largest absolute Gasteiger partial charge is 0.315 e. The number of nitrogens with one attached hydrogen (secondary N) is 2. The van der Waals surface area contributed by atoms with Crippen molar-refractivity contribution in [1.82, 2.24) is 10.6 Å². The van der Waals surface area contributed by atoms with E-state index in [-0.39, 0.29) is 0 Å². The molecule has 0 saturated heterocycles. The molecule has 0 radical (unpaired) electrons. The first-order chi connectivity index (χ1) is 6.62. The van der Waals surface area contributed by atoms with Crippen LogP contribution in [0.1, 0.15) is 52.9 Å². The molecule has 2 nitrogen and oxygen atoms in total. The van der Waals surface area contributed by atoms with Gasteiger partial charge in [0, 0.05) is 11.6 Å². The summed E-state index contributed by atoms with van der Waals surface area (Å²) in [5.74, 6) is 0. The number of unbranched alkanes of at least 4 members (excludes halogenated alkanes) is 1. The van der Waals surface area contributed by atoms with Crippen LogP contribution < -0.4 is 10.6 Å². The van der Waals surface area contributed by atoms with Crippen LogP contribution in [0.15, 0.2) is 0 Å². The van der Waals surface area contributed by atoms with Gasteiger partial charge in [0.2, 0.25) is 0 Å². The minimum absolute atomic E-state index is 0.492. The molecule has 0 aliphatic heterocycles. The predicted octanol–water partition coefficient (Wildman–Crippen LogP) is 2.30. The maximum atomic E-state index is 3.66. The summed E-state index contributed by atoms with van der Waals surface area (Å²) in [5.41, 5.74) is 0.492. The number of hydrogen-bond acceptors (Lipinski definition) is 2. The summed E-state index contributed by atoms with van der Waals surface area (Å²) in [5, 5.41) is 7.10. The highest BCUT2D eigenvalue weighted by Crippen LogP contribution is 2.30. The molecule has 0 unspecified atom stereocenters. The number of hydrogen-bond donors (Lipinski definition) is 2. The van der Waals surface area contributed by atoms with E-state index in [1.54, 1.807) is 0 Å². The van der Waals surface area contributed by atoms with Gasteiger partial charge in [-0.25, -0.2) is 0 Å². The Hall–Kier alpha value is -0.0800. The minimum atomic E-state index is 0.492. The van der Waals surface area contributed by atoms with Gasteiger partial charge in [0.1, 0.15) is 0 Å². The lowest BCUT2D eigenvalue weighted by Crippen LogP contribution is -2.48. The Morgan fingerprint density at radius 2 is 1.79 bits per heavy atom. The van der Waals surface area contributed by atoms with Gasteiger partial charge in [0.15, 0.2) is 0 Å². The zero-order chi connectivity index (χ0) is 10.4. The molecule has 0 heterocycles. The Balaban J connectivity index is 1.84. The van der Waals surface area contributed by atoms with Gasteiger partial charge in [-0.1, -0.05) is 13.8 Å². The lowest BCUT2D eigenvalue weighted by Gasteiger charge is -2.39. The average molecular weight is 198 g/mol.